The molecule has 0 atom stereocenters. The van der Waals surface area contributed by atoms with Crippen LogP contribution in [0.15, 0.2) is 48.5 Å². The first kappa shape index (κ1) is 21.9. The molecule has 1 aromatic heterocycles. The van der Waals surface area contributed by atoms with E-state index in [4.69, 9.17) is 9.47 Å². The summed E-state index contributed by atoms with van der Waals surface area (Å²) in [4.78, 5) is 15.0. The number of hydrogen-bond acceptors (Lipinski definition) is 7. The molecular weight excluding hydrogens is 408 g/mol. The Balaban J connectivity index is 1.32. The van der Waals surface area contributed by atoms with Gasteiger partial charge in [0, 0.05) is 30.9 Å². The van der Waals surface area contributed by atoms with Crippen LogP contribution in [0.2, 0.25) is 0 Å². The van der Waals surface area contributed by atoms with Crippen LogP contribution in [0.1, 0.15) is 41.6 Å². The fourth-order valence-corrected chi connectivity index (χ4v) is 3.53. The molecule has 168 valence electrons. The van der Waals surface area contributed by atoms with Gasteiger partial charge < -0.3 is 14.8 Å². The van der Waals surface area contributed by atoms with Crippen molar-refractivity contribution in [3.05, 3.63) is 65.5 Å². The molecule has 9 nitrogen and oxygen atoms in total. The van der Waals surface area contributed by atoms with Crippen LogP contribution in [0.25, 0.3) is 0 Å². The molecule has 1 N–H and O–H groups in total. The summed E-state index contributed by atoms with van der Waals surface area (Å²) in [6.45, 7) is 8.51. The molecule has 1 amide bonds. The van der Waals surface area contributed by atoms with E-state index in [-0.39, 0.29) is 18.6 Å². The summed E-state index contributed by atoms with van der Waals surface area (Å²) in [6.07, 6.45) is 0. The highest BCUT2D eigenvalue weighted by Gasteiger charge is 2.13. The van der Waals surface area contributed by atoms with Gasteiger partial charge in [-0.25, -0.2) is 4.68 Å². The molecule has 1 aliphatic heterocycles. The van der Waals surface area contributed by atoms with Crippen molar-refractivity contribution >= 4 is 11.6 Å². The molecule has 32 heavy (non-hydrogen) atoms. The van der Waals surface area contributed by atoms with Crippen molar-refractivity contribution in [1.82, 2.24) is 25.1 Å². The second kappa shape index (κ2) is 10.3. The lowest BCUT2D eigenvalue weighted by Crippen LogP contribution is -2.35. The van der Waals surface area contributed by atoms with Crippen molar-refractivity contribution in [3.63, 3.8) is 0 Å². The van der Waals surface area contributed by atoms with Gasteiger partial charge in [-0.05, 0) is 66.2 Å². The van der Waals surface area contributed by atoms with Gasteiger partial charge in [-0.3, -0.25) is 9.69 Å². The minimum Gasteiger partial charge on any atom is -0.486 e. The second-order valence-corrected chi connectivity index (χ2v) is 7.99. The van der Waals surface area contributed by atoms with Crippen molar-refractivity contribution in [3.8, 4) is 5.75 Å². The Labute approximate surface area is 187 Å². The van der Waals surface area contributed by atoms with E-state index in [0.29, 0.717) is 17.1 Å². The lowest BCUT2D eigenvalue weighted by molar-refractivity contribution is 0.0342. The van der Waals surface area contributed by atoms with E-state index in [1.54, 1.807) is 28.9 Å². The number of morpholine rings is 1. The van der Waals surface area contributed by atoms with Gasteiger partial charge in [0.2, 0.25) is 0 Å². The van der Waals surface area contributed by atoms with E-state index in [1.807, 2.05) is 32.0 Å². The monoisotopic (exact) mass is 436 g/mol. The zero-order valence-corrected chi connectivity index (χ0v) is 18.4. The highest BCUT2D eigenvalue weighted by molar-refractivity contribution is 6.04. The number of benzene rings is 2. The standard InChI is InChI=1S/C23H28N6O3/c1-17(2)29-22(25-26-27-29)16-32-21-8-6-19(7-9-21)23(30)24-20-5-3-4-18(14-20)15-28-10-12-31-13-11-28/h3-9,14,17H,10-13,15-16H2,1-2H3,(H,24,30). The van der Waals surface area contributed by atoms with E-state index >= 15 is 0 Å². The number of aromatic nitrogens is 4. The number of tetrazole rings is 1. The molecule has 1 fully saturated rings. The van der Waals surface area contributed by atoms with Gasteiger partial charge in [-0.1, -0.05) is 12.1 Å². The molecule has 3 aromatic rings. The third kappa shape index (κ3) is 5.68. The average molecular weight is 437 g/mol. The van der Waals surface area contributed by atoms with E-state index in [1.165, 1.54) is 0 Å². The number of carbonyl (C=O) groups is 1. The summed E-state index contributed by atoms with van der Waals surface area (Å²) in [6, 6.07) is 15.1. The molecule has 1 saturated heterocycles. The minimum atomic E-state index is -0.163. The van der Waals surface area contributed by atoms with E-state index in [9.17, 15) is 4.79 Å². The van der Waals surface area contributed by atoms with Gasteiger partial charge in [0.15, 0.2) is 5.82 Å². The van der Waals surface area contributed by atoms with Gasteiger partial charge in [-0.15, -0.1) is 5.10 Å². The molecule has 1 aliphatic rings. The SMILES string of the molecule is CC(C)n1nnnc1COc1ccc(C(=O)Nc2cccc(CN3CCOCC3)c2)cc1. The summed E-state index contributed by atoms with van der Waals surface area (Å²) in [7, 11) is 0. The topological polar surface area (TPSA) is 94.4 Å². The third-order valence-corrected chi connectivity index (χ3v) is 5.23. The van der Waals surface area contributed by atoms with Crippen molar-refractivity contribution in [2.24, 2.45) is 0 Å². The Morgan fingerprint density at radius 1 is 1.16 bits per heavy atom. The van der Waals surface area contributed by atoms with Gasteiger partial charge in [0.1, 0.15) is 12.4 Å². The lowest BCUT2D eigenvalue weighted by Gasteiger charge is -2.26. The molecule has 0 radical (unpaired) electrons. The maximum Gasteiger partial charge on any atom is 0.255 e. The largest absolute Gasteiger partial charge is 0.486 e. The zero-order chi connectivity index (χ0) is 22.3. The summed E-state index contributed by atoms with van der Waals surface area (Å²) in [5.74, 6) is 1.13. The lowest BCUT2D eigenvalue weighted by atomic mass is 10.1. The van der Waals surface area contributed by atoms with Crippen LogP contribution in [0, 0.1) is 0 Å². The second-order valence-electron chi connectivity index (χ2n) is 7.99. The molecule has 0 saturated carbocycles. The van der Waals surface area contributed by atoms with E-state index < -0.39 is 0 Å². The van der Waals surface area contributed by atoms with Gasteiger partial charge in [0.05, 0.1) is 19.3 Å². The Morgan fingerprint density at radius 2 is 1.94 bits per heavy atom. The quantitative estimate of drug-likeness (QED) is 0.580. The summed E-state index contributed by atoms with van der Waals surface area (Å²) < 4.78 is 12.9. The molecule has 2 aromatic carbocycles. The van der Waals surface area contributed by atoms with E-state index in [2.05, 4.69) is 31.8 Å². The normalized spacial score (nSPS) is 14.5. The highest BCUT2D eigenvalue weighted by Crippen LogP contribution is 2.18. The van der Waals surface area contributed by atoms with Gasteiger partial charge >= 0.3 is 0 Å². The first-order chi connectivity index (χ1) is 15.6. The van der Waals surface area contributed by atoms with Crippen LogP contribution in [0.4, 0.5) is 5.69 Å². The molecule has 0 bridgehead atoms. The highest BCUT2D eigenvalue weighted by atomic mass is 16.5. The number of nitrogens with one attached hydrogen (secondary N) is 1. The molecule has 9 heteroatoms. The smallest absolute Gasteiger partial charge is 0.255 e. The zero-order valence-electron chi connectivity index (χ0n) is 18.4. The first-order valence-corrected chi connectivity index (χ1v) is 10.8. The van der Waals surface area contributed by atoms with Crippen molar-refractivity contribution in [1.29, 1.82) is 0 Å². The minimum absolute atomic E-state index is 0.155. The molecule has 4 rings (SSSR count). The van der Waals surface area contributed by atoms with Crippen molar-refractivity contribution < 1.29 is 14.3 Å². The Kier molecular flexibility index (Phi) is 7.08. The van der Waals surface area contributed by atoms with Crippen molar-refractivity contribution in [2.75, 3.05) is 31.6 Å². The molecule has 0 aliphatic carbocycles. The maximum absolute atomic E-state index is 12.7. The summed E-state index contributed by atoms with van der Waals surface area (Å²) >= 11 is 0. The predicted molar refractivity (Wildman–Crippen MR) is 119 cm³/mol. The summed E-state index contributed by atoms with van der Waals surface area (Å²) in [5.41, 5.74) is 2.50. The molecular formula is C23H28N6O3. The fraction of sp³-hybridized carbons (Fsp3) is 0.391. The maximum atomic E-state index is 12.7. The van der Waals surface area contributed by atoms with Crippen LogP contribution >= 0.6 is 0 Å². The molecule has 0 spiro atoms. The van der Waals surface area contributed by atoms with Gasteiger partial charge in [0.25, 0.3) is 5.91 Å². The number of nitrogens with zero attached hydrogens (tertiary/aromatic N) is 5. The van der Waals surface area contributed by atoms with Crippen LogP contribution in [-0.2, 0) is 17.9 Å². The molecule has 2 heterocycles. The Morgan fingerprint density at radius 3 is 2.69 bits per heavy atom. The summed E-state index contributed by atoms with van der Waals surface area (Å²) in [5, 5.41) is 14.6. The number of amides is 1. The number of carbonyl (C=O) groups excluding carboxylic acids is 1. The average Bonchev–Trinajstić information content (AvgIpc) is 3.28. The fourth-order valence-electron chi connectivity index (χ4n) is 3.53. The number of anilines is 1. The Hall–Kier alpha value is -3.30. The van der Waals surface area contributed by atoms with Crippen LogP contribution in [-0.4, -0.2) is 57.3 Å². The molecule has 0 unspecified atom stereocenters. The first-order valence-electron chi connectivity index (χ1n) is 10.8. The number of rotatable bonds is 8. The van der Waals surface area contributed by atoms with Gasteiger partial charge in [-0.2, -0.15) is 0 Å². The number of hydrogen-bond donors (Lipinski definition) is 1. The van der Waals surface area contributed by atoms with Crippen molar-refractivity contribution in [2.45, 2.75) is 33.0 Å². The van der Waals surface area contributed by atoms with E-state index in [0.717, 1.165) is 44.1 Å². The Bertz CT molecular complexity index is 1030. The van der Waals surface area contributed by atoms with Crippen LogP contribution in [0.3, 0.4) is 0 Å². The van der Waals surface area contributed by atoms with Crippen LogP contribution in [0.5, 0.6) is 5.75 Å². The predicted octanol–water partition coefficient (Wildman–Crippen LogP) is 2.92. The number of ether oxygens (including phenoxy) is 2. The van der Waals surface area contributed by atoms with Crippen LogP contribution < -0.4 is 10.1 Å². The third-order valence-electron chi connectivity index (χ3n) is 5.23.